The average Bonchev–Trinajstić information content (AvgIpc) is 2.75. The molecular weight excluding hydrogens is 377 g/mol. The summed E-state index contributed by atoms with van der Waals surface area (Å²) in [5.74, 6) is 0.235. The molecule has 150 valence electrons. The van der Waals surface area contributed by atoms with Gasteiger partial charge in [-0.3, -0.25) is 9.59 Å². The van der Waals surface area contributed by atoms with Crippen molar-refractivity contribution < 1.29 is 18.7 Å². The molecule has 0 unspecified atom stereocenters. The van der Waals surface area contributed by atoms with Gasteiger partial charge in [0.15, 0.2) is 0 Å². The number of ether oxygens (including phenoxy) is 2. The molecule has 29 heavy (non-hydrogen) atoms. The zero-order valence-electron chi connectivity index (χ0n) is 16.0. The van der Waals surface area contributed by atoms with Gasteiger partial charge in [-0.2, -0.15) is 5.10 Å². The molecule has 0 saturated carbocycles. The highest BCUT2D eigenvalue weighted by atomic mass is 19.1. The van der Waals surface area contributed by atoms with Gasteiger partial charge in [0.25, 0.3) is 11.5 Å². The molecule has 1 heterocycles. The van der Waals surface area contributed by atoms with Crippen molar-refractivity contribution in [1.29, 1.82) is 0 Å². The van der Waals surface area contributed by atoms with E-state index in [1.807, 2.05) is 0 Å². The zero-order valence-corrected chi connectivity index (χ0v) is 16.0. The fourth-order valence-electron chi connectivity index (χ4n) is 2.75. The van der Waals surface area contributed by atoms with E-state index in [0.29, 0.717) is 28.3 Å². The molecule has 0 fully saturated rings. The minimum Gasteiger partial charge on any atom is -0.497 e. The molecule has 3 rings (SSSR count). The van der Waals surface area contributed by atoms with Crippen molar-refractivity contribution in [2.75, 3.05) is 20.8 Å². The highest BCUT2D eigenvalue weighted by Gasteiger charge is 2.13. The Hall–Kier alpha value is -3.68. The number of nitrogens with one attached hydrogen (secondary N) is 1. The van der Waals surface area contributed by atoms with Gasteiger partial charge in [0.05, 0.1) is 32.0 Å². The van der Waals surface area contributed by atoms with E-state index < -0.39 is 0 Å². The van der Waals surface area contributed by atoms with Crippen molar-refractivity contribution in [3.8, 4) is 22.8 Å². The van der Waals surface area contributed by atoms with E-state index in [9.17, 15) is 14.0 Å². The lowest BCUT2D eigenvalue weighted by atomic mass is 10.1. The van der Waals surface area contributed by atoms with Gasteiger partial charge in [-0.25, -0.2) is 9.07 Å². The number of carbonyl (C=O) groups excluding carboxylic acids is 1. The van der Waals surface area contributed by atoms with E-state index in [2.05, 4.69) is 10.4 Å². The maximum absolute atomic E-state index is 13.1. The minimum atomic E-state index is -0.358. The fraction of sp³-hybridized carbons (Fsp3) is 0.190. The molecule has 0 aliphatic carbocycles. The van der Waals surface area contributed by atoms with Crippen LogP contribution in [0.2, 0.25) is 0 Å². The van der Waals surface area contributed by atoms with E-state index in [-0.39, 0.29) is 30.4 Å². The Morgan fingerprint density at radius 3 is 2.52 bits per heavy atom. The predicted molar refractivity (Wildman–Crippen MR) is 106 cm³/mol. The van der Waals surface area contributed by atoms with Gasteiger partial charge in [0, 0.05) is 18.2 Å². The van der Waals surface area contributed by atoms with E-state index in [4.69, 9.17) is 9.47 Å². The summed E-state index contributed by atoms with van der Waals surface area (Å²) in [5, 5.41) is 7.03. The van der Waals surface area contributed by atoms with Gasteiger partial charge in [-0.05, 0) is 48.5 Å². The first kappa shape index (κ1) is 20.1. The summed E-state index contributed by atoms with van der Waals surface area (Å²) in [6.45, 7) is 0.352. The summed E-state index contributed by atoms with van der Waals surface area (Å²) in [4.78, 5) is 24.6. The van der Waals surface area contributed by atoms with Crippen LogP contribution in [-0.4, -0.2) is 36.5 Å². The van der Waals surface area contributed by atoms with Crippen LogP contribution >= 0.6 is 0 Å². The topological polar surface area (TPSA) is 82.4 Å². The SMILES string of the molecule is COc1ccc(OC)c(C(=O)NCCn2nc(-c3ccc(F)cc3)ccc2=O)c1. The Balaban J connectivity index is 1.70. The van der Waals surface area contributed by atoms with Crippen LogP contribution in [0.4, 0.5) is 4.39 Å². The first-order valence-corrected chi connectivity index (χ1v) is 8.86. The molecule has 2 aromatic carbocycles. The number of rotatable bonds is 7. The third-order valence-electron chi connectivity index (χ3n) is 4.27. The number of amides is 1. The van der Waals surface area contributed by atoms with Gasteiger partial charge < -0.3 is 14.8 Å². The van der Waals surface area contributed by atoms with E-state index in [0.717, 1.165) is 0 Å². The molecule has 0 spiro atoms. The van der Waals surface area contributed by atoms with Crippen LogP contribution in [0.1, 0.15) is 10.4 Å². The number of nitrogens with zero attached hydrogens (tertiary/aromatic N) is 2. The second-order valence-electron chi connectivity index (χ2n) is 6.11. The van der Waals surface area contributed by atoms with Gasteiger partial charge in [0.1, 0.15) is 17.3 Å². The Morgan fingerprint density at radius 2 is 1.83 bits per heavy atom. The zero-order chi connectivity index (χ0) is 20.8. The number of aromatic nitrogens is 2. The van der Waals surface area contributed by atoms with Crippen LogP contribution in [-0.2, 0) is 6.54 Å². The summed E-state index contributed by atoms with van der Waals surface area (Å²) in [6.07, 6.45) is 0. The molecule has 0 radical (unpaired) electrons. The third kappa shape index (κ3) is 4.78. The third-order valence-corrected chi connectivity index (χ3v) is 4.27. The maximum atomic E-state index is 13.1. The summed E-state index contributed by atoms with van der Waals surface area (Å²) in [6, 6.07) is 13.7. The summed E-state index contributed by atoms with van der Waals surface area (Å²) >= 11 is 0. The first-order valence-electron chi connectivity index (χ1n) is 8.86. The number of methoxy groups -OCH3 is 2. The monoisotopic (exact) mass is 397 g/mol. The van der Waals surface area contributed by atoms with Crippen molar-refractivity contribution in [2.24, 2.45) is 0 Å². The van der Waals surface area contributed by atoms with Crippen molar-refractivity contribution in [2.45, 2.75) is 6.54 Å². The lowest BCUT2D eigenvalue weighted by molar-refractivity contribution is 0.0948. The highest BCUT2D eigenvalue weighted by Crippen LogP contribution is 2.23. The molecule has 0 aliphatic heterocycles. The molecule has 7 nitrogen and oxygen atoms in total. The second kappa shape index (κ2) is 9.01. The molecule has 3 aromatic rings. The Kier molecular flexibility index (Phi) is 6.23. The summed E-state index contributed by atoms with van der Waals surface area (Å²) in [7, 11) is 2.98. The van der Waals surface area contributed by atoms with Crippen LogP contribution in [0.15, 0.2) is 59.4 Å². The Morgan fingerprint density at radius 1 is 1.07 bits per heavy atom. The van der Waals surface area contributed by atoms with Gasteiger partial charge in [-0.1, -0.05) is 0 Å². The normalized spacial score (nSPS) is 10.4. The quantitative estimate of drug-likeness (QED) is 0.662. The van der Waals surface area contributed by atoms with Gasteiger partial charge in [0.2, 0.25) is 0 Å². The lowest BCUT2D eigenvalue weighted by Crippen LogP contribution is -2.32. The van der Waals surface area contributed by atoms with Crippen molar-refractivity contribution >= 4 is 5.91 Å². The Labute approximate surface area is 166 Å². The van der Waals surface area contributed by atoms with Crippen LogP contribution in [0.25, 0.3) is 11.3 Å². The summed E-state index contributed by atoms with van der Waals surface area (Å²) in [5.41, 5.74) is 1.24. The predicted octanol–water partition coefficient (Wildman–Crippen LogP) is 2.50. The standard InChI is InChI=1S/C21H20FN3O4/c1-28-16-7-9-19(29-2)17(13-16)21(27)23-11-12-25-20(26)10-8-18(24-25)14-3-5-15(22)6-4-14/h3-10,13H,11-12H2,1-2H3,(H,23,27). The minimum absolute atomic E-state index is 0.173. The molecule has 8 heteroatoms. The number of benzene rings is 2. The molecule has 0 atom stereocenters. The Bertz CT molecular complexity index is 1060. The van der Waals surface area contributed by atoms with Crippen molar-refractivity contribution in [3.05, 3.63) is 76.3 Å². The lowest BCUT2D eigenvalue weighted by Gasteiger charge is -2.11. The molecule has 1 amide bonds. The van der Waals surface area contributed by atoms with E-state index in [1.54, 1.807) is 36.4 Å². The number of halogens is 1. The number of hydrogen-bond donors (Lipinski definition) is 1. The second-order valence-corrected chi connectivity index (χ2v) is 6.11. The van der Waals surface area contributed by atoms with Gasteiger partial charge >= 0.3 is 0 Å². The van der Waals surface area contributed by atoms with Crippen LogP contribution in [0.5, 0.6) is 11.5 Å². The van der Waals surface area contributed by atoms with Gasteiger partial charge in [-0.15, -0.1) is 0 Å². The maximum Gasteiger partial charge on any atom is 0.266 e. The number of carbonyl (C=O) groups is 1. The van der Waals surface area contributed by atoms with Crippen LogP contribution < -0.4 is 20.3 Å². The van der Waals surface area contributed by atoms with E-state index >= 15 is 0 Å². The van der Waals surface area contributed by atoms with E-state index in [1.165, 1.54) is 37.1 Å². The highest BCUT2D eigenvalue weighted by molar-refractivity contribution is 5.97. The molecule has 0 aliphatic rings. The fourth-order valence-corrected chi connectivity index (χ4v) is 2.75. The average molecular weight is 397 g/mol. The van der Waals surface area contributed by atoms with Crippen molar-refractivity contribution in [1.82, 2.24) is 15.1 Å². The first-order chi connectivity index (χ1) is 14.0. The molecule has 1 aromatic heterocycles. The molecule has 0 bridgehead atoms. The van der Waals surface area contributed by atoms with Crippen molar-refractivity contribution in [3.63, 3.8) is 0 Å². The number of hydrogen-bond acceptors (Lipinski definition) is 5. The van der Waals surface area contributed by atoms with Crippen LogP contribution in [0.3, 0.4) is 0 Å². The molecular formula is C21H20FN3O4. The largest absolute Gasteiger partial charge is 0.497 e. The smallest absolute Gasteiger partial charge is 0.266 e. The molecule has 0 saturated heterocycles. The molecule has 1 N–H and O–H groups in total. The van der Waals surface area contributed by atoms with Crippen LogP contribution in [0, 0.1) is 5.82 Å². The summed E-state index contributed by atoms with van der Waals surface area (Å²) < 4.78 is 24.7.